The van der Waals surface area contributed by atoms with Gasteiger partial charge in [0.05, 0.1) is 10.6 Å². The number of fused-ring (bicyclic) bond motifs is 1. The standard InChI is InChI=1S/C23H26FN3O3S2/c1-4-5-9-19-15-27(18-10-7-6-8-11-18)20-12-22(31-3)21(30-16-17(24)14-25)13-23(20)32(28,29)26(19)2/h6-8,10-13,16,19H,4-5,9,15H2,1-3H3/b17-16-. The van der Waals surface area contributed by atoms with Gasteiger partial charge in [0.25, 0.3) is 0 Å². The highest BCUT2D eigenvalue weighted by atomic mass is 32.2. The van der Waals surface area contributed by atoms with Crippen molar-refractivity contribution in [2.75, 3.05) is 24.7 Å². The van der Waals surface area contributed by atoms with E-state index in [9.17, 15) is 12.8 Å². The fourth-order valence-electron chi connectivity index (χ4n) is 3.68. The molecule has 6 nitrogen and oxygen atoms in total. The third-order valence-corrected chi connectivity index (χ3v) is 8.15. The average Bonchev–Trinajstić information content (AvgIpc) is 2.89. The van der Waals surface area contributed by atoms with Gasteiger partial charge in [-0.05, 0) is 30.9 Å². The quantitative estimate of drug-likeness (QED) is 0.301. The summed E-state index contributed by atoms with van der Waals surface area (Å²) in [4.78, 5) is 2.74. The minimum atomic E-state index is -3.85. The molecule has 1 atom stereocenters. The SMILES string of the molecule is CCCCC1CN(c2ccccc2)c2cc(SC)c(O/C=C(\F)C#N)cc2S(=O)(=O)N1C. The second-order valence-electron chi connectivity index (χ2n) is 7.43. The minimum Gasteiger partial charge on any atom is -0.460 e. The lowest BCUT2D eigenvalue weighted by molar-refractivity contribution is 0.351. The monoisotopic (exact) mass is 475 g/mol. The molecule has 3 rings (SSSR count). The molecule has 32 heavy (non-hydrogen) atoms. The van der Waals surface area contributed by atoms with Crippen molar-refractivity contribution in [1.29, 1.82) is 5.26 Å². The van der Waals surface area contributed by atoms with Gasteiger partial charge in [-0.1, -0.05) is 38.0 Å². The van der Waals surface area contributed by atoms with Gasteiger partial charge in [-0.25, -0.2) is 8.42 Å². The van der Waals surface area contributed by atoms with Gasteiger partial charge in [0.1, 0.15) is 23.0 Å². The zero-order valence-corrected chi connectivity index (χ0v) is 19.9. The number of nitriles is 1. The van der Waals surface area contributed by atoms with E-state index in [1.54, 1.807) is 13.1 Å². The fraction of sp³-hybridized carbons (Fsp3) is 0.348. The zero-order valence-electron chi connectivity index (χ0n) is 18.3. The van der Waals surface area contributed by atoms with Crippen LogP contribution in [-0.4, -0.2) is 38.6 Å². The highest BCUT2D eigenvalue weighted by molar-refractivity contribution is 7.98. The van der Waals surface area contributed by atoms with Gasteiger partial charge >= 0.3 is 0 Å². The highest BCUT2D eigenvalue weighted by Crippen LogP contribution is 2.43. The molecule has 0 spiro atoms. The second kappa shape index (κ2) is 10.4. The van der Waals surface area contributed by atoms with Crippen molar-refractivity contribution in [3.8, 4) is 11.8 Å². The zero-order chi connectivity index (χ0) is 23.3. The number of likely N-dealkylation sites (N-methyl/N-ethyl adjacent to an activating group) is 1. The van der Waals surface area contributed by atoms with E-state index in [1.807, 2.05) is 41.5 Å². The smallest absolute Gasteiger partial charge is 0.245 e. The van der Waals surface area contributed by atoms with Crippen LogP contribution >= 0.6 is 11.8 Å². The van der Waals surface area contributed by atoms with Crippen LogP contribution in [0.25, 0.3) is 0 Å². The Morgan fingerprint density at radius 1 is 1.34 bits per heavy atom. The Bertz CT molecular complexity index is 1130. The molecular weight excluding hydrogens is 449 g/mol. The summed E-state index contributed by atoms with van der Waals surface area (Å²) >= 11 is 1.35. The molecule has 2 aromatic carbocycles. The van der Waals surface area contributed by atoms with Crippen LogP contribution in [0.5, 0.6) is 5.75 Å². The van der Waals surface area contributed by atoms with E-state index in [-0.39, 0.29) is 16.7 Å². The maximum Gasteiger partial charge on any atom is 0.245 e. The maximum absolute atomic E-state index is 13.6. The lowest BCUT2D eigenvalue weighted by Crippen LogP contribution is -2.40. The number of nitrogens with zero attached hydrogens (tertiary/aromatic N) is 3. The fourth-order valence-corrected chi connectivity index (χ4v) is 5.78. The topological polar surface area (TPSA) is 73.6 Å². The van der Waals surface area contributed by atoms with Crippen molar-refractivity contribution < 1.29 is 17.5 Å². The normalized spacial score (nSPS) is 18.5. The van der Waals surface area contributed by atoms with Crippen LogP contribution in [0.15, 0.2) is 64.3 Å². The molecule has 0 saturated carbocycles. The first kappa shape index (κ1) is 24.1. The molecule has 0 bridgehead atoms. The van der Waals surface area contributed by atoms with Crippen molar-refractivity contribution >= 4 is 33.2 Å². The molecule has 0 saturated heterocycles. The number of rotatable bonds is 7. The number of allylic oxidation sites excluding steroid dienone is 1. The molecule has 0 radical (unpaired) electrons. The Kier molecular flexibility index (Phi) is 7.82. The number of sulfonamides is 1. The van der Waals surface area contributed by atoms with Crippen LogP contribution in [0.1, 0.15) is 26.2 Å². The predicted molar refractivity (Wildman–Crippen MR) is 125 cm³/mol. The van der Waals surface area contributed by atoms with Crippen molar-refractivity contribution in [2.24, 2.45) is 0 Å². The number of hydrogen-bond donors (Lipinski definition) is 0. The second-order valence-corrected chi connectivity index (χ2v) is 10.2. The van der Waals surface area contributed by atoms with Gasteiger partial charge in [0.15, 0.2) is 0 Å². The van der Waals surface area contributed by atoms with Crippen molar-refractivity contribution in [3.05, 3.63) is 54.6 Å². The van der Waals surface area contributed by atoms with E-state index in [4.69, 9.17) is 10.00 Å². The Labute approximate surface area is 193 Å². The van der Waals surface area contributed by atoms with Crippen molar-refractivity contribution in [2.45, 2.75) is 42.0 Å². The summed E-state index contributed by atoms with van der Waals surface area (Å²) in [7, 11) is -2.24. The van der Waals surface area contributed by atoms with Crippen LogP contribution in [0, 0.1) is 11.3 Å². The molecule has 0 aromatic heterocycles. The molecule has 1 heterocycles. The summed E-state index contributed by atoms with van der Waals surface area (Å²) in [5.41, 5.74) is 1.43. The van der Waals surface area contributed by atoms with Crippen molar-refractivity contribution in [3.63, 3.8) is 0 Å². The predicted octanol–water partition coefficient (Wildman–Crippen LogP) is 5.45. The molecule has 0 N–H and O–H groups in total. The molecule has 0 fully saturated rings. The average molecular weight is 476 g/mol. The Morgan fingerprint density at radius 3 is 2.69 bits per heavy atom. The lowest BCUT2D eigenvalue weighted by atomic mass is 10.1. The summed E-state index contributed by atoms with van der Waals surface area (Å²) in [5.74, 6) is -0.920. The molecule has 1 aliphatic heterocycles. The lowest BCUT2D eigenvalue weighted by Gasteiger charge is -2.29. The Hall–Kier alpha value is -2.54. The number of unbranched alkanes of at least 4 members (excludes halogenated alkanes) is 1. The van der Waals surface area contributed by atoms with E-state index in [0.29, 0.717) is 23.4 Å². The third-order valence-electron chi connectivity index (χ3n) is 5.46. The molecule has 2 aromatic rings. The number of benzene rings is 2. The number of para-hydroxylation sites is 1. The largest absolute Gasteiger partial charge is 0.460 e. The summed E-state index contributed by atoms with van der Waals surface area (Å²) < 4.78 is 47.4. The molecule has 9 heteroatoms. The van der Waals surface area contributed by atoms with Gasteiger partial charge < -0.3 is 9.64 Å². The van der Waals surface area contributed by atoms with E-state index in [2.05, 4.69) is 6.92 Å². The number of ether oxygens (including phenoxy) is 1. The molecular formula is C23H26FN3O3S2. The van der Waals surface area contributed by atoms with Crippen LogP contribution < -0.4 is 9.64 Å². The molecule has 0 aliphatic carbocycles. The Balaban J connectivity index is 2.23. The first-order valence-electron chi connectivity index (χ1n) is 10.3. The van der Waals surface area contributed by atoms with E-state index in [0.717, 1.165) is 24.9 Å². The molecule has 170 valence electrons. The van der Waals surface area contributed by atoms with Crippen LogP contribution in [0.2, 0.25) is 0 Å². The molecule has 1 unspecified atom stereocenters. The van der Waals surface area contributed by atoms with E-state index < -0.39 is 15.9 Å². The van der Waals surface area contributed by atoms with Gasteiger partial charge in [-0.2, -0.15) is 14.0 Å². The van der Waals surface area contributed by atoms with Gasteiger partial charge in [0.2, 0.25) is 15.9 Å². The number of thioether (sulfide) groups is 1. The maximum atomic E-state index is 13.6. The number of anilines is 2. The summed E-state index contributed by atoms with van der Waals surface area (Å²) in [6.45, 7) is 2.58. The third kappa shape index (κ3) is 4.93. The van der Waals surface area contributed by atoms with E-state index in [1.165, 1.54) is 28.2 Å². The summed E-state index contributed by atoms with van der Waals surface area (Å²) in [6.07, 6.45) is 5.12. The highest BCUT2D eigenvalue weighted by Gasteiger charge is 2.37. The van der Waals surface area contributed by atoms with Crippen LogP contribution in [0.4, 0.5) is 15.8 Å². The molecule has 0 amide bonds. The van der Waals surface area contributed by atoms with Gasteiger partial charge in [-0.3, -0.25) is 0 Å². The Morgan fingerprint density at radius 2 is 2.06 bits per heavy atom. The number of halogens is 1. The first-order chi connectivity index (χ1) is 15.3. The van der Waals surface area contributed by atoms with E-state index >= 15 is 0 Å². The number of hydrogen-bond acceptors (Lipinski definition) is 6. The molecule has 1 aliphatic rings. The minimum absolute atomic E-state index is 0.0846. The summed E-state index contributed by atoms with van der Waals surface area (Å²) in [6, 6.07) is 14.0. The summed E-state index contributed by atoms with van der Waals surface area (Å²) in [5, 5.41) is 8.66. The van der Waals surface area contributed by atoms with Crippen molar-refractivity contribution in [1.82, 2.24) is 4.31 Å². The first-order valence-corrected chi connectivity index (χ1v) is 12.9. The van der Waals surface area contributed by atoms with Gasteiger partial charge in [-0.15, -0.1) is 11.8 Å². The van der Waals surface area contributed by atoms with Crippen LogP contribution in [-0.2, 0) is 10.0 Å². The van der Waals surface area contributed by atoms with Gasteiger partial charge in [0, 0.05) is 31.4 Å². The van der Waals surface area contributed by atoms with Crippen LogP contribution in [0.3, 0.4) is 0 Å².